The molecule has 2 nitrogen and oxygen atoms in total. The van der Waals surface area contributed by atoms with E-state index in [4.69, 9.17) is 0 Å². The van der Waals surface area contributed by atoms with Crippen LogP contribution in [0.3, 0.4) is 0 Å². The highest BCUT2D eigenvalue weighted by Gasteiger charge is 2.12. The SMILES string of the molecule is C=CCCCCCC(NCCC)c1csc(C)n1. The largest absolute Gasteiger partial charge is 0.309 e. The van der Waals surface area contributed by atoms with Gasteiger partial charge in [0, 0.05) is 5.38 Å². The molecule has 1 aromatic rings. The van der Waals surface area contributed by atoms with Gasteiger partial charge in [0.15, 0.2) is 0 Å². The van der Waals surface area contributed by atoms with Crippen LogP contribution < -0.4 is 5.32 Å². The Morgan fingerprint density at radius 2 is 2.28 bits per heavy atom. The van der Waals surface area contributed by atoms with Gasteiger partial charge in [-0.15, -0.1) is 17.9 Å². The Morgan fingerprint density at radius 1 is 1.44 bits per heavy atom. The lowest BCUT2D eigenvalue weighted by molar-refractivity contribution is 0.464. The van der Waals surface area contributed by atoms with Gasteiger partial charge in [0.1, 0.15) is 0 Å². The van der Waals surface area contributed by atoms with E-state index in [0.29, 0.717) is 6.04 Å². The fraction of sp³-hybridized carbons (Fsp3) is 0.667. The van der Waals surface area contributed by atoms with Gasteiger partial charge in [0.2, 0.25) is 0 Å². The summed E-state index contributed by atoms with van der Waals surface area (Å²) in [6.45, 7) is 9.13. The zero-order chi connectivity index (χ0) is 13.2. The molecule has 0 aliphatic heterocycles. The van der Waals surface area contributed by atoms with Crippen molar-refractivity contribution in [2.24, 2.45) is 0 Å². The van der Waals surface area contributed by atoms with Gasteiger partial charge < -0.3 is 5.32 Å². The lowest BCUT2D eigenvalue weighted by Gasteiger charge is -2.16. The van der Waals surface area contributed by atoms with E-state index in [2.05, 4.69) is 36.1 Å². The molecule has 1 rings (SSSR count). The van der Waals surface area contributed by atoms with Gasteiger partial charge in [-0.2, -0.15) is 0 Å². The fourth-order valence-corrected chi connectivity index (χ4v) is 2.69. The van der Waals surface area contributed by atoms with Gasteiger partial charge in [-0.1, -0.05) is 25.8 Å². The van der Waals surface area contributed by atoms with Crippen LogP contribution in [0.25, 0.3) is 0 Å². The summed E-state index contributed by atoms with van der Waals surface area (Å²) in [4.78, 5) is 4.62. The van der Waals surface area contributed by atoms with E-state index >= 15 is 0 Å². The molecule has 0 amide bonds. The molecule has 18 heavy (non-hydrogen) atoms. The maximum Gasteiger partial charge on any atom is 0.0898 e. The van der Waals surface area contributed by atoms with Gasteiger partial charge in [0.25, 0.3) is 0 Å². The number of aromatic nitrogens is 1. The average Bonchev–Trinajstić information content (AvgIpc) is 2.79. The van der Waals surface area contributed by atoms with Crippen molar-refractivity contribution in [3.8, 4) is 0 Å². The number of aryl methyl sites for hydroxylation is 1. The van der Waals surface area contributed by atoms with Crippen LogP contribution in [0.2, 0.25) is 0 Å². The number of thiazole rings is 1. The topological polar surface area (TPSA) is 24.9 Å². The lowest BCUT2D eigenvalue weighted by Crippen LogP contribution is -2.22. The molecule has 0 saturated carbocycles. The molecule has 0 aliphatic carbocycles. The molecule has 3 heteroatoms. The minimum Gasteiger partial charge on any atom is -0.309 e. The quantitative estimate of drug-likeness (QED) is 0.493. The van der Waals surface area contributed by atoms with E-state index in [1.165, 1.54) is 42.8 Å². The van der Waals surface area contributed by atoms with Crippen molar-refractivity contribution in [1.29, 1.82) is 0 Å². The van der Waals surface area contributed by atoms with Crippen LogP contribution in [0, 0.1) is 6.92 Å². The number of allylic oxidation sites excluding steroid dienone is 1. The number of hydrogen-bond acceptors (Lipinski definition) is 3. The highest BCUT2D eigenvalue weighted by molar-refractivity contribution is 7.09. The van der Waals surface area contributed by atoms with Crippen molar-refractivity contribution in [2.45, 2.75) is 58.4 Å². The number of rotatable bonds is 10. The summed E-state index contributed by atoms with van der Waals surface area (Å²) in [7, 11) is 0. The molecule has 0 bridgehead atoms. The van der Waals surface area contributed by atoms with Crippen molar-refractivity contribution in [1.82, 2.24) is 10.3 Å². The zero-order valence-corrected chi connectivity index (χ0v) is 12.6. The molecule has 1 N–H and O–H groups in total. The van der Waals surface area contributed by atoms with Crippen LogP contribution in [-0.4, -0.2) is 11.5 Å². The maximum absolute atomic E-state index is 4.62. The van der Waals surface area contributed by atoms with E-state index < -0.39 is 0 Å². The number of unbranched alkanes of at least 4 members (excludes halogenated alkanes) is 3. The third-order valence-corrected chi connectivity index (χ3v) is 3.83. The molecule has 0 aromatic carbocycles. The predicted molar refractivity (Wildman–Crippen MR) is 81.2 cm³/mol. The van der Waals surface area contributed by atoms with Crippen molar-refractivity contribution in [3.63, 3.8) is 0 Å². The smallest absolute Gasteiger partial charge is 0.0898 e. The van der Waals surface area contributed by atoms with E-state index in [1.807, 2.05) is 6.08 Å². The Hall–Kier alpha value is -0.670. The molecule has 0 radical (unpaired) electrons. The molecule has 1 unspecified atom stereocenters. The molecular formula is C15H26N2S. The molecule has 0 saturated heterocycles. The van der Waals surface area contributed by atoms with Crippen LogP contribution in [0.15, 0.2) is 18.0 Å². The van der Waals surface area contributed by atoms with Crippen LogP contribution in [0.4, 0.5) is 0 Å². The molecule has 102 valence electrons. The van der Waals surface area contributed by atoms with Crippen LogP contribution in [0.5, 0.6) is 0 Å². The summed E-state index contributed by atoms with van der Waals surface area (Å²) >= 11 is 1.75. The second-order valence-electron chi connectivity index (χ2n) is 4.72. The molecule has 1 atom stereocenters. The monoisotopic (exact) mass is 266 g/mol. The van der Waals surface area contributed by atoms with Crippen molar-refractivity contribution in [3.05, 3.63) is 28.7 Å². The Balaban J connectivity index is 2.38. The maximum atomic E-state index is 4.62. The second-order valence-corrected chi connectivity index (χ2v) is 5.79. The standard InChI is InChI=1S/C15H26N2S/c1-4-6-7-8-9-10-14(16-11-5-2)15-12-18-13(3)17-15/h4,12,14,16H,1,5-11H2,2-3H3. The first kappa shape index (κ1) is 15.4. The summed E-state index contributed by atoms with van der Waals surface area (Å²) in [5.41, 5.74) is 1.23. The van der Waals surface area contributed by atoms with Gasteiger partial charge in [0.05, 0.1) is 16.7 Å². The van der Waals surface area contributed by atoms with Crippen LogP contribution in [-0.2, 0) is 0 Å². The number of nitrogens with one attached hydrogen (secondary N) is 1. The summed E-state index contributed by atoms with van der Waals surface area (Å²) < 4.78 is 0. The first-order valence-corrected chi connectivity index (χ1v) is 7.92. The van der Waals surface area contributed by atoms with Crippen molar-refractivity contribution < 1.29 is 0 Å². The predicted octanol–water partition coefficient (Wildman–Crippen LogP) is 4.63. The Morgan fingerprint density at radius 3 is 2.89 bits per heavy atom. The zero-order valence-electron chi connectivity index (χ0n) is 11.7. The third kappa shape index (κ3) is 5.78. The average molecular weight is 266 g/mol. The molecule has 1 aromatic heterocycles. The van der Waals surface area contributed by atoms with Gasteiger partial charge in [-0.05, 0) is 39.2 Å². The summed E-state index contributed by atoms with van der Waals surface area (Å²) in [5, 5.41) is 6.98. The lowest BCUT2D eigenvalue weighted by atomic mass is 10.0. The number of nitrogens with zero attached hydrogens (tertiary/aromatic N) is 1. The summed E-state index contributed by atoms with van der Waals surface area (Å²) in [5.74, 6) is 0. The minimum absolute atomic E-state index is 0.443. The van der Waals surface area contributed by atoms with E-state index in [9.17, 15) is 0 Å². The highest BCUT2D eigenvalue weighted by Crippen LogP contribution is 2.22. The third-order valence-electron chi connectivity index (χ3n) is 3.04. The van der Waals surface area contributed by atoms with Crippen molar-refractivity contribution >= 4 is 11.3 Å². The number of hydrogen-bond donors (Lipinski definition) is 1. The minimum atomic E-state index is 0.443. The van der Waals surface area contributed by atoms with Gasteiger partial charge >= 0.3 is 0 Å². The second kappa shape index (κ2) is 9.29. The van der Waals surface area contributed by atoms with Crippen LogP contribution in [0.1, 0.15) is 62.2 Å². The first-order chi connectivity index (χ1) is 8.77. The van der Waals surface area contributed by atoms with Gasteiger partial charge in [-0.25, -0.2) is 4.98 Å². The summed E-state index contributed by atoms with van der Waals surface area (Å²) in [6, 6.07) is 0.443. The molecular weight excluding hydrogens is 240 g/mol. The van der Waals surface area contributed by atoms with Crippen LogP contribution >= 0.6 is 11.3 Å². The van der Waals surface area contributed by atoms with E-state index in [0.717, 1.165) is 13.0 Å². The Labute approximate surface area is 116 Å². The normalized spacial score (nSPS) is 12.6. The highest BCUT2D eigenvalue weighted by atomic mass is 32.1. The Bertz CT molecular complexity index is 333. The first-order valence-electron chi connectivity index (χ1n) is 7.04. The fourth-order valence-electron chi connectivity index (χ4n) is 2.03. The molecule has 0 fully saturated rings. The molecule has 0 spiro atoms. The van der Waals surface area contributed by atoms with Crippen molar-refractivity contribution in [2.75, 3.05) is 6.54 Å². The van der Waals surface area contributed by atoms with E-state index in [1.54, 1.807) is 11.3 Å². The van der Waals surface area contributed by atoms with E-state index in [-0.39, 0.29) is 0 Å². The molecule has 0 aliphatic rings. The summed E-state index contributed by atoms with van der Waals surface area (Å²) in [6.07, 6.45) is 9.35. The van der Waals surface area contributed by atoms with Gasteiger partial charge in [-0.3, -0.25) is 0 Å². The molecule has 1 heterocycles. The Kier molecular flexibility index (Phi) is 7.94.